The third-order valence-corrected chi connectivity index (χ3v) is 4.30. The fourth-order valence-corrected chi connectivity index (χ4v) is 3.01. The van der Waals surface area contributed by atoms with E-state index in [1.165, 1.54) is 0 Å². The summed E-state index contributed by atoms with van der Waals surface area (Å²) in [7, 11) is 0. The number of hydrogen-bond acceptors (Lipinski definition) is 3. The van der Waals surface area contributed by atoms with Crippen LogP contribution in [0.2, 0.25) is 0 Å². The Bertz CT molecular complexity index is 926. The highest BCUT2D eigenvalue weighted by Gasteiger charge is 2.29. The summed E-state index contributed by atoms with van der Waals surface area (Å²) in [5, 5.41) is 2.93. The minimum absolute atomic E-state index is 0.179. The Morgan fingerprint density at radius 1 is 1.04 bits per heavy atom. The van der Waals surface area contributed by atoms with Crippen LogP contribution in [0.5, 0.6) is 17.2 Å². The molecule has 3 aromatic carbocycles. The molecule has 0 aromatic heterocycles. The van der Waals surface area contributed by atoms with Gasteiger partial charge in [-0.15, -0.1) is 0 Å². The standard InChI is InChI=1S/C22H19NO3/c1-15-7-6-9-17(13-15)25-20-12-5-3-10-18(20)23-22(24)21-14-16-8-2-4-11-19(16)26-21/h2-13,21H,14H2,1H3,(H,23,24)/t21-/m1/s1. The molecule has 4 rings (SSSR count). The van der Waals surface area contributed by atoms with Crippen LogP contribution < -0.4 is 14.8 Å². The van der Waals surface area contributed by atoms with E-state index in [1.54, 1.807) is 0 Å². The molecule has 0 fully saturated rings. The fraction of sp³-hybridized carbons (Fsp3) is 0.136. The maximum absolute atomic E-state index is 12.7. The number of nitrogens with one attached hydrogen (secondary N) is 1. The summed E-state index contributed by atoms with van der Waals surface area (Å²) in [5.74, 6) is 1.93. The first-order valence-electron chi connectivity index (χ1n) is 8.58. The second-order valence-electron chi connectivity index (χ2n) is 6.32. The Balaban J connectivity index is 1.49. The quantitative estimate of drug-likeness (QED) is 0.744. The van der Waals surface area contributed by atoms with E-state index < -0.39 is 6.10 Å². The molecule has 0 radical (unpaired) electrons. The fourth-order valence-electron chi connectivity index (χ4n) is 3.01. The molecule has 1 aliphatic heterocycles. The number of rotatable bonds is 4. The van der Waals surface area contributed by atoms with Crippen LogP contribution in [-0.2, 0) is 11.2 Å². The number of fused-ring (bicyclic) bond motifs is 1. The summed E-state index contributed by atoms with van der Waals surface area (Å²) in [6, 6.07) is 22.9. The van der Waals surface area contributed by atoms with Gasteiger partial charge in [0.1, 0.15) is 11.5 Å². The molecule has 1 atom stereocenters. The molecule has 3 aromatic rings. The molecule has 130 valence electrons. The third-order valence-electron chi connectivity index (χ3n) is 4.30. The van der Waals surface area contributed by atoms with E-state index >= 15 is 0 Å². The van der Waals surface area contributed by atoms with Crippen molar-refractivity contribution in [2.24, 2.45) is 0 Å². The van der Waals surface area contributed by atoms with Gasteiger partial charge in [-0.05, 0) is 48.4 Å². The van der Waals surface area contributed by atoms with Crippen molar-refractivity contribution in [1.29, 1.82) is 0 Å². The molecule has 0 bridgehead atoms. The highest BCUT2D eigenvalue weighted by Crippen LogP contribution is 2.32. The Morgan fingerprint density at radius 3 is 2.69 bits per heavy atom. The SMILES string of the molecule is Cc1cccc(Oc2ccccc2NC(=O)[C@H]2Cc3ccccc3O2)c1. The summed E-state index contributed by atoms with van der Waals surface area (Å²) in [6.07, 6.45) is 0.0440. The van der Waals surface area contributed by atoms with Gasteiger partial charge in [-0.3, -0.25) is 4.79 Å². The highest BCUT2D eigenvalue weighted by molar-refractivity contribution is 5.96. The van der Waals surface area contributed by atoms with Gasteiger partial charge in [0, 0.05) is 6.42 Å². The minimum Gasteiger partial charge on any atom is -0.480 e. The maximum atomic E-state index is 12.7. The molecule has 1 N–H and O–H groups in total. The van der Waals surface area contributed by atoms with E-state index in [0.29, 0.717) is 17.9 Å². The summed E-state index contributed by atoms with van der Waals surface area (Å²) in [5.41, 5.74) is 2.79. The number of carbonyl (C=O) groups excluding carboxylic acids is 1. The highest BCUT2D eigenvalue weighted by atomic mass is 16.5. The Kier molecular flexibility index (Phi) is 4.32. The topological polar surface area (TPSA) is 47.6 Å². The van der Waals surface area contributed by atoms with Crippen molar-refractivity contribution in [2.45, 2.75) is 19.4 Å². The summed E-state index contributed by atoms with van der Waals surface area (Å²) < 4.78 is 11.7. The maximum Gasteiger partial charge on any atom is 0.265 e. The zero-order chi connectivity index (χ0) is 17.9. The summed E-state index contributed by atoms with van der Waals surface area (Å²) in [6.45, 7) is 2.01. The number of benzene rings is 3. The van der Waals surface area contributed by atoms with Crippen molar-refractivity contribution < 1.29 is 14.3 Å². The smallest absolute Gasteiger partial charge is 0.265 e. The first-order valence-corrected chi connectivity index (χ1v) is 8.58. The summed E-state index contributed by atoms with van der Waals surface area (Å²) in [4.78, 5) is 12.7. The van der Waals surface area contributed by atoms with Crippen molar-refractivity contribution in [1.82, 2.24) is 0 Å². The van der Waals surface area contributed by atoms with Crippen molar-refractivity contribution >= 4 is 11.6 Å². The zero-order valence-corrected chi connectivity index (χ0v) is 14.4. The Hall–Kier alpha value is -3.27. The van der Waals surface area contributed by atoms with Crippen LogP contribution in [0.25, 0.3) is 0 Å². The van der Waals surface area contributed by atoms with Gasteiger partial charge in [-0.1, -0.05) is 42.5 Å². The lowest BCUT2D eigenvalue weighted by Crippen LogP contribution is -2.31. The monoisotopic (exact) mass is 345 g/mol. The number of ether oxygens (including phenoxy) is 2. The number of carbonyl (C=O) groups is 1. The second kappa shape index (κ2) is 6.92. The van der Waals surface area contributed by atoms with Crippen molar-refractivity contribution in [3.63, 3.8) is 0 Å². The van der Waals surface area contributed by atoms with Gasteiger partial charge in [-0.25, -0.2) is 0 Å². The van der Waals surface area contributed by atoms with Crippen molar-refractivity contribution in [2.75, 3.05) is 5.32 Å². The molecule has 1 heterocycles. The number of aryl methyl sites for hydroxylation is 1. The molecule has 0 saturated carbocycles. The third kappa shape index (κ3) is 3.40. The minimum atomic E-state index is -0.528. The summed E-state index contributed by atoms with van der Waals surface area (Å²) >= 11 is 0. The number of para-hydroxylation sites is 3. The first kappa shape index (κ1) is 16.2. The average Bonchev–Trinajstić information content (AvgIpc) is 3.08. The Morgan fingerprint density at radius 2 is 1.85 bits per heavy atom. The number of anilines is 1. The predicted molar refractivity (Wildman–Crippen MR) is 101 cm³/mol. The predicted octanol–water partition coefficient (Wildman–Crippen LogP) is 4.73. The van der Waals surface area contributed by atoms with Crippen LogP contribution in [-0.4, -0.2) is 12.0 Å². The Labute approximate surface area is 152 Å². The van der Waals surface area contributed by atoms with E-state index in [1.807, 2.05) is 79.7 Å². The van der Waals surface area contributed by atoms with Gasteiger partial charge in [-0.2, -0.15) is 0 Å². The average molecular weight is 345 g/mol. The lowest BCUT2D eigenvalue weighted by molar-refractivity contribution is -0.122. The van der Waals surface area contributed by atoms with Gasteiger partial charge in [0.15, 0.2) is 11.9 Å². The van der Waals surface area contributed by atoms with Gasteiger partial charge in [0.2, 0.25) is 0 Å². The van der Waals surface area contributed by atoms with Gasteiger partial charge in [0.25, 0.3) is 5.91 Å². The normalized spacial score (nSPS) is 15.0. The number of hydrogen-bond donors (Lipinski definition) is 1. The molecular formula is C22H19NO3. The lowest BCUT2D eigenvalue weighted by atomic mass is 10.1. The van der Waals surface area contributed by atoms with Crippen molar-refractivity contribution in [3.05, 3.63) is 83.9 Å². The molecule has 0 spiro atoms. The molecular weight excluding hydrogens is 326 g/mol. The van der Waals surface area contributed by atoms with E-state index in [0.717, 1.165) is 22.6 Å². The van der Waals surface area contributed by atoms with Gasteiger partial charge in [0.05, 0.1) is 5.69 Å². The zero-order valence-electron chi connectivity index (χ0n) is 14.4. The van der Waals surface area contributed by atoms with E-state index in [4.69, 9.17) is 9.47 Å². The van der Waals surface area contributed by atoms with Crippen LogP contribution in [0.4, 0.5) is 5.69 Å². The van der Waals surface area contributed by atoms with Crippen LogP contribution in [0.1, 0.15) is 11.1 Å². The molecule has 1 aliphatic rings. The van der Waals surface area contributed by atoms with Gasteiger partial charge >= 0.3 is 0 Å². The van der Waals surface area contributed by atoms with Crippen LogP contribution in [0, 0.1) is 6.92 Å². The van der Waals surface area contributed by atoms with Crippen LogP contribution in [0.3, 0.4) is 0 Å². The molecule has 4 nitrogen and oxygen atoms in total. The van der Waals surface area contributed by atoms with Gasteiger partial charge < -0.3 is 14.8 Å². The lowest BCUT2D eigenvalue weighted by Gasteiger charge is -2.15. The molecule has 26 heavy (non-hydrogen) atoms. The van der Waals surface area contributed by atoms with Crippen LogP contribution in [0.15, 0.2) is 72.8 Å². The second-order valence-corrected chi connectivity index (χ2v) is 6.32. The number of amides is 1. The molecule has 0 aliphatic carbocycles. The molecule has 0 unspecified atom stereocenters. The largest absolute Gasteiger partial charge is 0.480 e. The van der Waals surface area contributed by atoms with E-state index in [-0.39, 0.29) is 5.91 Å². The molecule has 1 amide bonds. The molecule has 0 saturated heterocycles. The first-order chi connectivity index (χ1) is 12.7. The van der Waals surface area contributed by atoms with E-state index in [9.17, 15) is 4.79 Å². The van der Waals surface area contributed by atoms with E-state index in [2.05, 4.69) is 5.32 Å². The molecule has 4 heteroatoms. The van der Waals surface area contributed by atoms with Crippen molar-refractivity contribution in [3.8, 4) is 17.2 Å². The van der Waals surface area contributed by atoms with Crippen LogP contribution >= 0.6 is 0 Å².